The molecule has 0 spiro atoms. The molecular formula is C23H23ClN2. The Labute approximate surface area is 160 Å². The fourth-order valence-corrected chi connectivity index (χ4v) is 3.93. The highest BCUT2D eigenvalue weighted by Gasteiger charge is 2.13. The number of benzene rings is 2. The third-order valence-electron chi connectivity index (χ3n) is 5.13. The summed E-state index contributed by atoms with van der Waals surface area (Å²) < 4.78 is 0. The second-order valence-electron chi connectivity index (χ2n) is 6.96. The van der Waals surface area contributed by atoms with Crippen LogP contribution in [0.15, 0.2) is 48.7 Å². The average molecular weight is 363 g/mol. The lowest BCUT2D eigenvalue weighted by molar-refractivity contribution is 0.577. The van der Waals surface area contributed by atoms with Crippen molar-refractivity contribution in [2.45, 2.75) is 26.2 Å². The Kier molecular flexibility index (Phi) is 4.94. The van der Waals surface area contributed by atoms with Crippen molar-refractivity contribution in [3.8, 4) is 0 Å². The van der Waals surface area contributed by atoms with Crippen LogP contribution in [0.2, 0.25) is 5.02 Å². The van der Waals surface area contributed by atoms with E-state index in [1.165, 1.54) is 35.9 Å². The second kappa shape index (κ2) is 7.51. The molecule has 1 saturated heterocycles. The molecule has 0 unspecified atom stereocenters. The maximum atomic E-state index is 6.33. The highest BCUT2D eigenvalue weighted by molar-refractivity contribution is 6.35. The van der Waals surface area contributed by atoms with E-state index < -0.39 is 0 Å². The molecule has 0 aliphatic carbocycles. The molecule has 2 nitrogen and oxygen atoms in total. The van der Waals surface area contributed by atoms with Gasteiger partial charge in [0, 0.05) is 35.4 Å². The van der Waals surface area contributed by atoms with Gasteiger partial charge in [-0.2, -0.15) is 0 Å². The quantitative estimate of drug-likeness (QED) is 0.539. The smallest absolute Gasteiger partial charge is 0.0650 e. The lowest BCUT2D eigenvalue weighted by atomic mass is 10.0. The molecule has 1 aliphatic rings. The number of aryl methyl sites for hydroxylation is 1. The average Bonchev–Trinajstić information content (AvgIpc) is 2.69. The Morgan fingerprint density at radius 3 is 2.54 bits per heavy atom. The van der Waals surface area contributed by atoms with Gasteiger partial charge in [-0.1, -0.05) is 48.0 Å². The number of rotatable bonds is 3. The number of aromatic nitrogens is 1. The molecule has 2 aromatic carbocycles. The van der Waals surface area contributed by atoms with Crippen LogP contribution in [0.1, 0.15) is 36.1 Å². The van der Waals surface area contributed by atoms with Gasteiger partial charge in [0.1, 0.15) is 0 Å². The molecule has 3 aromatic rings. The number of piperidine rings is 1. The highest BCUT2D eigenvalue weighted by atomic mass is 35.5. The van der Waals surface area contributed by atoms with Gasteiger partial charge in [0.05, 0.1) is 5.69 Å². The van der Waals surface area contributed by atoms with Gasteiger partial charge in [-0.3, -0.25) is 4.98 Å². The van der Waals surface area contributed by atoms with Crippen LogP contribution < -0.4 is 4.90 Å². The summed E-state index contributed by atoms with van der Waals surface area (Å²) in [6.45, 7) is 4.45. The summed E-state index contributed by atoms with van der Waals surface area (Å²) >= 11 is 6.33. The molecule has 4 rings (SSSR count). The van der Waals surface area contributed by atoms with Crippen molar-refractivity contribution in [3.63, 3.8) is 0 Å². The number of fused-ring (bicyclic) bond motifs is 1. The van der Waals surface area contributed by atoms with Crippen molar-refractivity contribution in [2.24, 2.45) is 0 Å². The molecule has 1 aliphatic heterocycles. The topological polar surface area (TPSA) is 16.1 Å². The van der Waals surface area contributed by atoms with E-state index in [2.05, 4.69) is 59.3 Å². The van der Waals surface area contributed by atoms with E-state index in [-0.39, 0.29) is 0 Å². The van der Waals surface area contributed by atoms with Gasteiger partial charge in [-0.15, -0.1) is 0 Å². The number of hydrogen-bond acceptors (Lipinski definition) is 2. The molecular weight excluding hydrogens is 340 g/mol. The fraction of sp³-hybridized carbons (Fsp3) is 0.261. The Hall–Kier alpha value is -2.32. The predicted molar refractivity (Wildman–Crippen MR) is 113 cm³/mol. The van der Waals surface area contributed by atoms with E-state index in [1.54, 1.807) is 0 Å². The molecule has 26 heavy (non-hydrogen) atoms. The van der Waals surface area contributed by atoms with Crippen LogP contribution in [0.3, 0.4) is 0 Å². The SMILES string of the molecule is Cc1cnc(/C=C\c2ccc(Cl)c3ccccc23)cc1N1CCCCC1. The van der Waals surface area contributed by atoms with Crippen LogP contribution in [0.5, 0.6) is 0 Å². The molecule has 0 saturated carbocycles. The predicted octanol–water partition coefficient (Wildman–Crippen LogP) is 6.36. The zero-order valence-corrected chi connectivity index (χ0v) is 15.8. The summed E-state index contributed by atoms with van der Waals surface area (Å²) in [4.78, 5) is 7.10. The molecule has 2 heterocycles. The monoisotopic (exact) mass is 362 g/mol. The maximum Gasteiger partial charge on any atom is 0.0650 e. The first-order chi connectivity index (χ1) is 12.7. The van der Waals surface area contributed by atoms with Crippen molar-refractivity contribution < 1.29 is 0 Å². The summed E-state index contributed by atoms with van der Waals surface area (Å²) in [5.41, 5.74) is 4.73. The van der Waals surface area contributed by atoms with Crippen LogP contribution in [0.25, 0.3) is 22.9 Å². The standard InChI is InChI=1S/C23H23ClN2/c1-17-16-25-19(15-23(17)26-13-5-2-6-14-26)11-9-18-10-12-22(24)21-8-4-3-7-20(18)21/h3-4,7-12,15-16H,2,5-6,13-14H2,1H3/b11-9-. The molecule has 0 N–H and O–H groups in total. The molecule has 0 radical (unpaired) electrons. The van der Waals surface area contributed by atoms with Crippen molar-refractivity contribution >= 4 is 40.2 Å². The van der Waals surface area contributed by atoms with E-state index in [9.17, 15) is 0 Å². The van der Waals surface area contributed by atoms with Gasteiger partial charge in [-0.25, -0.2) is 0 Å². The Balaban J connectivity index is 1.66. The third kappa shape index (κ3) is 3.47. The molecule has 0 bridgehead atoms. The molecule has 3 heteroatoms. The number of hydrogen-bond donors (Lipinski definition) is 0. The first-order valence-corrected chi connectivity index (χ1v) is 9.67. The Morgan fingerprint density at radius 1 is 0.962 bits per heavy atom. The summed E-state index contributed by atoms with van der Waals surface area (Å²) in [6.07, 6.45) is 10.1. The Bertz CT molecular complexity index is 956. The van der Waals surface area contributed by atoms with Crippen LogP contribution in [-0.2, 0) is 0 Å². The second-order valence-corrected chi connectivity index (χ2v) is 7.37. The van der Waals surface area contributed by atoms with Gasteiger partial charge in [-0.05, 0) is 60.9 Å². The summed E-state index contributed by atoms with van der Waals surface area (Å²) in [5, 5.41) is 3.04. The van der Waals surface area contributed by atoms with E-state index >= 15 is 0 Å². The molecule has 1 fully saturated rings. The van der Waals surface area contributed by atoms with Crippen LogP contribution >= 0.6 is 11.6 Å². The van der Waals surface area contributed by atoms with Gasteiger partial charge in [0.2, 0.25) is 0 Å². The number of pyridine rings is 1. The number of anilines is 1. The van der Waals surface area contributed by atoms with Gasteiger partial charge >= 0.3 is 0 Å². The van der Waals surface area contributed by atoms with Crippen molar-refractivity contribution in [1.29, 1.82) is 0 Å². The van der Waals surface area contributed by atoms with Crippen molar-refractivity contribution in [1.82, 2.24) is 4.98 Å². The minimum absolute atomic E-state index is 0.790. The first-order valence-electron chi connectivity index (χ1n) is 9.29. The molecule has 0 amide bonds. The summed E-state index contributed by atoms with van der Waals surface area (Å²) in [7, 11) is 0. The molecule has 0 atom stereocenters. The number of halogens is 1. The van der Waals surface area contributed by atoms with Crippen LogP contribution in [0, 0.1) is 6.92 Å². The minimum atomic E-state index is 0.790. The Morgan fingerprint density at radius 2 is 1.73 bits per heavy atom. The fourth-order valence-electron chi connectivity index (χ4n) is 3.70. The van der Waals surface area contributed by atoms with Crippen LogP contribution in [0.4, 0.5) is 5.69 Å². The maximum absolute atomic E-state index is 6.33. The highest BCUT2D eigenvalue weighted by Crippen LogP contribution is 2.28. The zero-order valence-electron chi connectivity index (χ0n) is 15.1. The van der Waals surface area contributed by atoms with Gasteiger partial charge in [0.25, 0.3) is 0 Å². The zero-order chi connectivity index (χ0) is 17.9. The largest absolute Gasteiger partial charge is 0.371 e. The first kappa shape index (κ1) is 17.1. The number of nitrogens with zero attached hydrogens (tertiary/aromatic N) is 2. The third-order valence-corrected chi connectivity index (χ3v) is 5.46. The lowest BCUT2D eigenvalue weighted by Gasteiger charge is -2.30. The summed E-state index contributed by atoms with van der Waals surface area (Å²) in [6, 6.07) is 14.5. The molecule has 132 valence electrons. The van der Waals surface area contributed by atoms with E-state index in [1.807, 2.05) is 18.3 Å². The van der Waals surface area contributed by atoms with E-state index in [0.717, 1.165) is 34.8 Å². The minimum Gasteiger partial charge on any atom is -0.371 e. The van der Waals surface area contributed by atoms with Crippen molar-refractivity contribution in [2.75, 3.05) is 18.0 Å². The normalized spacial score (nSPS) is 15.1. The van der Waals surface area contributed by atoms with Gasteiger partial charge in [0.15, 0.2) is 0 Å². The van der Waals surface area contributed by atoms with E-state index in [0.29, 0.717) is 0 Å². The lowest BCUT2D eigenvalue weighted by Crippen LogP contribution is -2.30. The van der Waals surface area contributed by atoms with E-state index in [4.69, 9.17) is 11.6 Å². The van der Waals surface area contributed by atoms with Gasteiger partial charge < -0.3 is 4.90 Å². The molecule has 1 aromatic heterocycles. The summed E-state index contributed by atoms with van der Waals surface area (Å²) in [5.74, 6) is 0. The van der Waals surface area contributed by atoms with Crippen LogP contribution in [-0.4, -0.2) is 18.1 Å². The van der Waals surface area contributed by atoms with Crippen molar-refractivity contribution in [3.05, 3.63) is 70.5 Å².